The predicted molar refractivity (Wildman–Crippen MR) is 398 cm³/mol. The summed E-state index contributed by atoms with van der Waals surface area (Å²) in [4.78, 5) is 24.7. The first-order chi connectivity index (χ1) is 44.5. The number of amides is 1. The van der Waals surface area contributed by atoms with E-state index in [2.05, 4.69) is 43.5 Å². The van der Waals surface area contributed by atoms with Gasteiger partial charge in [0.1, 0.15) is 0 Å². The molecule has 2 unspecified atom stereocenters. The minimum atomic E-state index is -0.661. The third-order valence-electron chi connectivity index (χ3n) is 19.7. The maximum atomic E-state index is 12.5. The topological polar surface area (TPSA) is 95.9 Å². The van der Waals surface area contributed by atoms with E-state index < -0.39 is 12.1 Å². The average Bonchev–Trinajstić information content (AvgIpc) is 3.68. The number of esters is 1. The van der Waals surface area contributed by atoms with Crippen molar-refractivity contribution in [3.63, 3.8) is 0 Å². The Bertz CT molecular complexity index is 1410. The molecule has 0 radical (unpaired) electrons. The quantitative estimate of drug-likeness (QED) is 0.0320. The van der Waals surface area contributed by atoms with E-state index in [0.717, 1.165) is 38.5 Å². The van der Waals surface area contributed by atoms with Crippen LogP contribution in [0.5, 0.6) is 0 Å². The summed E-state index contributed by atoms with van der Waals surface area (Å²) in [6, 6.07) is -0.538. The Labute approximate surface area is 564 Å². The maximum Gasteiger partial charge on any atom is 0.305 e. The molecule has 2 atom stereocenters. The van der Waals surface area contributed by atoms with E-state index in [1.54, 1.807) is 0 Å². The molecule has 0 aliphatic rings. The summed E-state index contributed by atoms with van der Waals surface area (Å²) in [6.07, 6.45) is 103. The fraction of sp³-hybridized carbons (Fsp3) is 0.929. The molecule has 0 aromatic heterocycles. The molecule has 0 aliphatic heterocycles. The molecule has 6 heteroatoms. The van der Waals surface area contributed by atoms with Crippen molar-refractivity contribution >= 4 is 11.9 Å². The van der Waals surface area contributed by atoms with Gasteiger partial charge in [-0.05, 0) is 77.0 Å². The van der Waals surface area contributed by atoms with Crippen LogP contribution in [0.3, 0.4) is 0 Å². The van der Waals surface area contributed by atoms with Gasteiger partial charge in [0, 0.05) is 12.8 Å². The molecule has 0 aromatic carbocycles. The number of aliphatic hydroxyl groups is 2. The standard InChI is InChI=1S/C84H163NO5/c1-3-5-7-9-11-13-15-17-19-20-42-46-50-54-58-62-66-70-74-78-84(89)90-79-75-71-67-63-59-55-51-47-44-41-39-37-35-33-31-29-27-25-23-21-22-24-26-28-30-32-34-36-38-40-43-45-49-53-57-61-65-69-73-77-83(88)85-81(80-86)82(87)76-72-68-64-60-56-52-48-18-16-14-12-10-8-6-4-2/h17,19,21-22,81-82,86-87H,3-16,18,20,23-80H2,1-2H3,(H,85,88)/b19-17-,22-21-. The van der Waals surface area contributed by atoms with Crippen molar-refractivity contribution in [1.82, 2.24) is 5.32 Å². The summed E-state index contributed by atoms with van der Waals surface area (Å²) in [5, 5.41) is 23.4. The van der Waals surface area contributed by atoms with Crippen molar-refractivity contribution in [2.24, 2.45) is 0 Å². The number of rotatable bonds is 79. The molecule has 0 aromatic rings. The number of carbonyl (C=O) groups is 2. The van der Waals surface area contributed by atoms with Crippen molar-refractivity contribution in [2.75, 3.05) is 13.2 Å². The first kappa shape index (κ1) is 88.3. The van der Waals surface area contributed by atoms with Gasteiger partial charge in [-0.15, -0.1) is 0 Å². The molecular weight excluding hydrogens is 1100 g/mol. The van der Waals surface area contributed by atoms with Crippen molar-refractivity contribution in [2.45, 2.75) is 488 Å². The van der Waals surface area contributed by atoms with Crippen molar-refractivity contribution in [3.8, 4) is 0 Å². The number of allylic oxidation sites excluding steroid dienone is 4. The van der Waals surface area contributed by atoms with Crippen LogP contribution in [0, 0.1) is 0 Å². The number of ether oxygens (including phenoxy) is 1. The zero-order valence-corrected chi connectivity index (χ0v) is 61.4. The lowest BCUT2D eigenvalue weighted by Gasteiger charge is -2.22. The minimum absolute atomic E-state index is 0.0231. The van der Waals surface area contributed by atoms with Gasteiger partial charge >= 0.3 is 5.97 Å². The van der Waals surface area contributed by atoms with E-state index >= 15 is 0 Å². The molecule has 6 nitrogen and oxygen atoms in total. The molecule has 0 spiro atoms. The van der Waals surface area contributed by atoms with Crippen LogP contribution in [0.25, 0.3) is 0 Å². The van der Waals surface area contributed by atoms with Crippen LogP contribution < -0.4 is 5.32 Å². The van der Waals surface area contributed by atoms with E-state index in [1.807, 2.05) is 0 Å². The predicted octanol–water partition coefficient (Wildman–Crippen LogP) is 27.6. The third kappa shape index (κ3) is 75.4. The number of carbonyl (C=O) groups excluding carboxylic acids is 2. The minimum Gasteiger partial charge on any atom is -0.466 e. The second kappa shape index (κ2) is 79.8. The molecule has 0 fully saturated rings. The monoisotopic (exact) mass is 1270 g/mol. The summed E-state index contributed by atoms with van der Waals surface area (Å²) in [6.45, 7) is 5.00. The van der Waals surface area contributed by atoms with Crippen LogP contribution in [-0.2, 0) is 14.3 Å². The van der Waals surface area contributed by atoms with Crippen LogP contribution in [0.1, 0.15) is 476 Å². The van der Waals surface area contributed by atoms with Crippen LogP contribution >= 0.6 is 0 Å². The van der Waals surface area contributed by atoms with Gasteiger partial charge in [-0.3, -0.25) is 9.59 Å². The maximum absolute atomic E-state index is 12.5. The molecule has 3 N–H and O–H groups in total. The Hall–Kier alpha value is -1.66. The lowest BCUT2D eigenvalue weighted by atomic mass is 10.0. The Kier molecular flexibility index (Phi) is 78.3. The van der Waals surface area contributed by atoms with E-state index in [-0.39, 0.29) is 18.5 Å². The SMILES string of the molecule is CCCCCCCC/C=C\CCCCCCCCCCCC(=O)OCCCCCCCCCCCCCCCCCCCC/C=C\CCCCCCCCCCCCCCCCCCCC(=O)NC(CO)C(O)CCCCCCCCCCCCCCCCC. The summed E-state index contributed by atoms with van der Waals surface area (Å²) in [5.41, 5.74) is 0. The fourth-order valence-electron chi connectivity index (χ4n) is 13.4. The van der Waals surface area contributed by atoms with Gasteiger partial charge in [-0.1, -0.05) is 411 Å². The summed E-state index contributed by atoms with van der Waals surface area (Å²) < 4.78 is 5.52. The van der Waals surface area contributed by atoms with Crippen LogP contribution in [-0.4, -0.2) is 47.4 Å². The second-order valence-corrected chi connectivity index (χ2v) is 28.8. The number of hydrogen-bond donors (Lipinski definition) is 3. The fourth-order valence-corrected chi connectivity index (χ4v) is 13.4. The zero-order valence-electron chi connectivity index (χ0n) is 61.4. The molecular formula is C84H163NO5. The average molecular weight is 1270 g/mol. The molecule has 90 heavy (non-hydrogen) atoms. The number of unbranched alkanes of at least 4 members (excludes halogenated alkanes) is 64. The van der Waals surface area contributed by atoms with Crippen LogP contribution in [0.4, 0.5) is 0 Å². The van der Waals surface area contributed by atoms with Gasteiger partial charge in [0.05, 0.1) is 25.4 Å². The number of nitrogens with one attached hydrogen (secondary N) is 1. The Morgan fingerprint density at radius 3 is 0.789 bits per heavy atom. The van der Waals surface area contributed by atoms with Crippen molar-refractivity contribution < 1.29 is 24.5 Å². The van der Waals surface area contributed by atoms with Crippen LogP contribution in [0.15, 0.2) is 24.3 Å². The highest BCUT2D eigenvalue weighted by Gasteiger charge is 2.20. The third-order valence-corrected chi connectivity index (χ3v) is 19.7. The molecule has 0 saturated carbocycles. The second-order valence-electron chi connectivity index (χ2n) is 28.8. The first-order valence-corrected chi connectivity index (χ1v) is 41.6. The van der Waals surface area contributed by atoms with Gasteiger partial charge in [0.2, 0.25) is 5.91 Å². The molecule has 0 aliphatic carbocycles. The highest BCUT2D eigenvalue weighted by molar-refractivity contribution is 5.76. The van der Waals surface area contributed by atoms with E-state index in [0.29, 0.717) is 25.9 Å². The highest BCUT2D eigenvalue weighted by atomic mass is 16.5. The van der Waals surface area contributed by atoms with Gasteiger partial charge in [-0.2, -0.15) is 0 Å². The number of hydrogen-bond acceptors (Lipinski definition) is 5. The molecule has 534 valence electrons. The smallest absolute Gasteiger partial charge is 0.305 e. The Morgan fingerprint density at radius 2 is 0.522 bits per heavy atom. The van der Waals surface area contributed by atoms with Gasteiger partial charge < -0.3 is 20.3 Å². The lowest BCUT2D eigenvalue weighted by molar-refractivity contribution is -0.143. The Morgan fingerprint density at radius 1 is 0.300 bits per heavy atom. The van der Waals surface area contributed by atoms with E-state index in [9.17, 15) is 19.8 Å². The van der Waals surface area contributed by atoms with Gasteiger partial charge in [0.25, 0.3) is 0 Å². The summed E-state index contributed by atoms with van der Waals surface area (Å²) in [5.74, 6) is -0.00373. The highest BCUT2D eigenvalue weighted by Crippen LogP contribution is 2.20. The molecule has 1 amide bonds. The normalized spacial score (nSPS) is 12.5. The molecule has 0 bridgehead atoms. The zero-order chi connectivity index (χ0) is 64.9. The van der Waals surface area contributed by atoms with Crippen molar-refractivity contribution in [1.29, 1.82) is 0 Å². The molecule has 0 saturated heterocycles. The Balaban J connectivity index is 3.30. The molecule has 0 rings (SSSR count). The first-order valence-electron chi connectivity index (χ1n) is 41.6. The van der Waals surface area contributed by atoms with Gasteiger partial charge in [0.15, 0.2) is 0 Å². The van der Waals surface area contributed by atoms with Crippen molar-refractivity contribution in [3.05, 3.63) is 24.3 Å². The summed E-state index contributed by atoms with van der Waals surface area (Å²) in [7, 11) is 0. The molecule has 0 heterocycles. The largest absolute Gasteiger partial charge is 0.466 e. The number of aliphatic hydroxyl groups excluding tert-OH is 2. The van der Waals surface area contributed by atoms with Gasteiger partial charge in [-0.25, -0.2) is 0 Å². The van der Waals surface area contributed by atoms with E-state index in [4.69, 9.17) is 4.74 Å². The van der Waals surface area contributed by atoms with E-state index in [1.165, 1.54) is 405 Å². The van der Waals surface area contributed by atoms with Crippen LogP contribution in [0.2, 0.25) is 0 Å². The lowest BCUT2D eigenvalue weighted by Crippen LogP contribution is -2.45. The summed E-state index contributed by atoms with van der Waals surface area (Å²) >= 11 is 0.